The summed E-state index contributed by atoms with van der Waals surface area (Å²) in [6.07, 6.45) is -1.61. The molecule has 0 saturated carbocycles. The number of carbonyl (C=O) groups is 1. The molecule has 0 fully saturated rings. The van der Waals surface area contributed by atoms with Crippen molar-refractivity contribution in [1.82, 2.24) is 0 Å². The molecule has 1 aromatic rings. The highest BCUT2D eigenvalue weighted by Crippen LogP contribution is 2.13. The first-order valence-corrected chi connectivity index (χ1v) is 5.06. The Bertz CT molecular complexity index is 343. The molecule has 0 bridgehead atoms. The maximum atomic E-state index is 11.7. The first kappa shape index (κ1) is 12.7. The van der Waals surface area contributed by atoms with Crippen molar-refractivity contribution < 1.29 is 19.4 Å². The minimum Gasteiger partial charge on any atom is -0.497 e. The van der Waals surface area contributed by atoms with E-state index < -0.39 is 12.1 Å². The minimum absolute atomic E-state index is 0.197. The zero-order chi connectivity index (χ0) is 12.1. The first-order chi connectivity index (χ1) is 7.54. The van der Waals surface area contributed by atoms with Crippen molar-refractivity contribution >= 4 is 5.78 Å². The summed E-state index contributed by atoms with van der Waals surface area (Å²) in [5.41, 5.74) is 0.397. The van der Waals surface area contributed by atoms with Gasteiger partial charge in [0.25, 0.3) is 0 Å². The quantitative estimate of drug-likeness (QED) is 0.610. The van der Waals surface area contributed by atoms with Gasteiger partial charge in [0.15, 0.2) is 0 Å². The maximum Gasteiger partial charge on any atom is 0.220 e. The fraction of sp³-hybridized carbons (Fsp3) is 0.417. The molecule has 16 heavy (non-hydrogen) atoms. The summed E-state index contributed by atoms with van der Waals surface area (Å²) in [4.78, 5) is 11.7. The summed E-state index contributed by atoms with van der Waals surface area (Å²) >= 11 is 0. The Morgan fingerprint density at radius 3 is 2.25 bits per heavy atom. The molecule has 0 spiro atoms. The zero-order valence-electron chi connectivity index (χ0n) is 9.64. The fourth-order valence-electron chi connectivity index (χ4n) is 1.22. The summed E-state index contributed by atoms with van der Waals surface area (Å²) in [6, 6.07) is 6.51. The lowest BCUT2D eigenvalue weighted by Crippen LogP contribution is -2.26. The van der Waals surface area contributed by atoms with Gasteiger partial charge < -0.3 is 14.6 Å². The van der Waals surface area contributed by atoms with Gasteiger partial charge >= 0.3 is 0 Å². The van der Waals surface area contributed by atoms with Crippen LogP contribution in [0.5, 0.6) is 5.75 Å². The largest absolute Gasteiger partial charge is 0.497 e. The second-order valence-electron chi connectivity index (χ2n) is 3.63. The lowest BCUT2D eigenvalue weighted by Gasteiger charge is -2.13. The third kappa shape index (κ3) is 3.32. The van der Waals surface area contributed by atoms with Gasteiger partial charge in [-0.05, 0) is 38.1 Å². The number of hydrogen-bond acceptors (Lipinski definition) is 4. The molecule has 0 aliphatic rings. The molecule has 0 amide bonds. The Labute approximate surface area is 94.8 Å². The molecule has 4 heteroatoms. The normalized spacial score (nSPS) is 12.6. The molecule has 0 saturated heterocycles. The van der Waals surface area contributed by atoms with Crippen LogP contribution in [-0.2, 0) is 4.74 Å². The topological polar surface area (TPSA) is 55.8 Å². The molecule has 0 aliphatic carbocycles. The molecule has 1 unspecified atom stereocenters. The number of methoxy groups -OCH3 is 1. The van der Waals surface area contributed by atoms with Crippen molar-refractivity contribution in [1.29, 1.82) is 0 Å². The van der Waals surface area contributed by atoms with Crippen LogP contribution in [0.1, 0.15) is 24.2 Å². The van der Waals surface area contributed by atoms with Gasteiger partial charge in [0.1, 0.15) is 5.75 Å². The Hall–Kier alpha value is -1.39. The second-order valence-corrected chi connectivity index (χ2v) is 3.63. The highest BCUT2D eigenvalue weighted by Gasteiger charge is 2.18. The summed E-state index contributed by atoms with van der Waals surface area (Å²) in [5.74, 6) is 0.215. The Kier molecular flexibility index (Phi) is 4.46. The predicted molar refractivity (Wildman–Crippen MR) is 59.6 cm³/mol. The van der Waals surface area contributed by atoms with Gasteiger partial charge in [-0.25, -0.2) is 0 Å². The molecule has 0 heterocycles. The van der Waals surface area contributed by atoms with Crippen molar-refractivity contribution in [2.24, 2.45) is 0 Å². The average Bonchev–Trinajstić information content (AvgIpc) is 2.27. The third-order valence-electron chi connectivity index (χ3n) is 2.00. The highest BCUT2D eigenvalue weighted by molar-refractivity contribution is 5.98. The van der Waals surface area contributed by atoms with E-state index in [1.807, 2.05) is 0 Å². The van der Waals surface area contributed by atoms with E-state index in [1.165, 1.54) is 0 Å². The second kappa shape index (κ2) is 5.63. The predicted octanol–water partition coefficient (Wildman–Crippen LogP) is 1.62. The van der Waals surface area contributed by atoms with Gasteiger partial charge in [-0.3, -0.25) is 4.79 Å². The smallest absolute Gasteiger partial charge is 0.220 e. The summed E-state index contributed by atoms with van der Waals surface area (Å²) in [6.45, 7) is 3.51. The van der Waals surface area contributed by atoms with E-state index in [1.54, 1.807) is 45.2 Å². The molecule has 1 N–H and O–H groups in total. The SMILES string of the molecule is COc1ccc(C(=O)C(O)OC(C)C)cc1. The Morgan fingerprint density at radius 1 is 1.25 bits per heavy atom. The van der Waals surface area contributed by atoms with Crippen LogP contribution in [0.25, 0.3) is 0 Å². The highest BCUT2D eigenvalue weighted by atomic mass is 16.6. The van der Waals surface area contributed by atoms with Crippen molar-refractivity contribution in [2.75, 3.05) is 7.11 Å². The van der Waals surface area contributed by atoms with Crippen molar-refractivity contribution in [3.8, 4) is 5.75 Å². The molecule has 1 rings (SSSR count). The van der Waals surface area contributed by atoms with Gasteiger partial charge in [0.05, 0.1) is 13.2 Å². The van der Waals surface area contributed by atoms with Crippen LogP contribution in [0.15, 0.2) is 24.3 Å². The lowest BCUT2D eigenvalue weighted by atomic mass is 10.1. The molecule has 4 nitrogen and oxygen atoms in total. The number of Topliss-reactive ketones (excluding diaryl/α,β-unsaturated/α-hetero) is 1. The van der Waals surface area contributed by atoms with Gasteiger partial charge in [0.2, 0.25) is 12.1 Å². The number of rotatable bonds is 5. The zero-order valence-corrected chi connectivity index (χ0v) is 9.64. The van der Waals surface area contributed by atoms with Crippen LogP contribution in [0.2, 0.25) is 0 Å². The summed E-state index contributed by atoms with van der Waals surface area (Å²) < 4.78 is 9.97. The molecule has 0 radical (unpaired) electrons. The number of ketones is 1. The maximum absolute atomic E-state index is 11.7. The number of aliphatic hydroxyl groups excluding tert-OH is 1. The number of benzene rings is 1. The number of hydrogen-bond donors (Lipinski definition) is 1. The molecule has 0 aromatic heterocycles. The monoisotopic (exact) mass is 224 g/mol. The molecule has 1 atom stereocenters. The van der Waals surface area contributed by atoms with Crippen molar-refractivity contribution in [3.63, 3.8) is 0 Å². The lowest BCUT2D eigenvalue weighted by molar-refractivity contribution is -0.0971. The van der Waals surface area contributed by atoms with Crippen LogP contribution in [-0.4, -0.2) is 30.4 Å². The van der Waals surface area contributed by atoms with Gasteiger partial charge in [-0.1, -0.05) is 0 Å². The van der Waals surface area contributed by atoms with Crippen molar-refractivity contribution in [2.45, 2.75) is 26.2 Å². The standard InChI is InChI=1S/C12H16O4/c1-8(2)16-12(14)11(13)9-4-6-10(15-3)7-5-9/h4-8,12,14H,1-3H3. The van der Waals surface area contributed by atoms with Gasteiger partial charge in [0, 0.05) is 5.56 Å². The van der Waals surface area contributed by atoms with E-state index in [9.17, 15) is 9.90 Å². The van der Waals surface area contributed by atoms with Crippen molar-refractivity contribution in [3.05, 3.63) is 29.8 Å². The van der Waals surface area contributed by atoms with Gasteiger partial charge in [-0.2, -0.15) is 0 Å². The van der Waals surface area contributed by atoms with Crippen LogP contribution >= 0.6 is 0 Å². The molecule has 88 valence electrons. The summed E-state index contributed by atoms with van der Waals surface area (Å²) in [5, 5.41) is 9.47. The molecule has 1 aromatic carbocycles. The fourth-order valence-corrected chi connectivity index (χ4v) is 1.22. The van der Waals surface area contributed by atoms with Crippen LogP contribution < -0.4 is 4.74 Å². The first-order valence-electron chi connectivity index (χ1n) is 5.06. The van der Waals surface area contributed by atoms with E-state index in [4.69, 9.17) is 9.47 Å². The van der Waals surface area contributed by atoms with E-state index in [0.29, 0.717) is 11.3 Å². The number of aliphatic hydroxyl groups is 1. The number of ether oxygens (including phenoxy) is 2. The van der Waals surface area contributed by atoms with Crippen LogP contribution in [0.4, 0.5) is 0 Å². The minimum atomic E-state index is -1.41. The number of carbonyl (C=O) groups excluding carboxylic acids is 1. The molecule has 0 aliphatic heterocycles. The van der Waals surface area contributed by atoms with Crippen LogP contribution in [0, 0.1) is 0 Å². The summed E-state index contributed by atoms with van der Waals surface area (Å²) in [7, 11) is 1.55. The van der Waals surface area contributed by atoms with Gasteiger partial charge in [-0.15, -0.1) is 0 Å². The third-order valence-corrected chi connectivity index (χ3v) is 2.00. The molecular formula is C12H16O4. The van der Waals surface area contributed by atoms with E-state index >= 15 is 0 Å². The molecular weight excluding hydrogens is 208 g/mol. The van der Waals surface area contributed by atoms with E-state index in [-0.39, 0.29) is 6.10 Å². The average molecular weight is 224 g/mol. The van der Waals surface area contributed by atoms with Crippen LogP contribution in [0.3, 0.4) is 0 Å². The Balaban J connectivity index is 2.72. The van der Waals surface area contributed by atoms with E-state index in [0.717, 1.165) is 0 Å². The Morgan fingerprint density at radius 2 is 1.81 bits per heavy atom. The van der Waals surface area contributed by atoms with E-state index in [2.05, 4.69) is 0 Å².